The van der Waals surface area contributed by atoms with E-state index in [0.717, 1.165) is 36.9 Å². The van der Waals surface area contributed by atoms with Gasteiger partial charge in [-0.15, -0.1) is 0 Å². The molecule has 2 rings (SSSR count). The molecule has 0 bridgehead atoms. The lowest BCUT2D eigenvalue weighted by molar-refractivity contribution is -0.130. The van der Waals surface area contributed by atoms with Crippen LogP contribution in [0.2, 0.25) is 0 Å². The number of amides is 1. The van der Waals surface area contributed by atoms with Crippen LogP contribution in [0.25, 0.3) is 0 Å². The summed E-state index contributed by atoms with van der Waals surface area (Å²) in [5.41, 5.74) is 1.07. The maximum atomic E-state index is 11.7. The summed E-state index contributed by atoms with van der Waals surface area (Å²) in [6.45, 7) is 10.2. The van der Waals surface area contributed by atoms with E-state index in [2.05, 4.69) is 42.7 Å². The third-order valence-electron chi connectivity index (χ3n) is 4.64. The Morgan fingerprint density at radius 3 is 2.89 bits per heavy atom. The highest BCUT2D eigenvalue weighted by atomic mass is 32.2. The maximum Gasteiger partial charge on any atom is 0.259 e. The number of aliphatic imine (C=N–C) groups is 1. The first-order valence-corrected chi connectivity index (χ1v) is 11.0. The standard InChI is InChI=1S/C21H34N4O2S/c1-6-22-21(25-10-11-28-19(14-25)16(2)3)23-13-17-8-7-9-18(12-17)27-15-20(26)24(4)5/h7-9,12,16,19H,6,10-11,13-15H2,1-5H3,(H,22,23). The monoisotopic (exact) mass is 406 g/mol. The van der Waals surface area contributed by atoms with E-state index in [1.165, 1.54) is 4.90 Å². The molecular weight excluding hydrogens is 372 g/mol. The predicted octanol–water partition coefficient (Wildman–Crippen LogP) is 2.69. The average molecular weight is 407 g/mol. The zero-order valence-electron chi connectivity index (χ0n) is 17.8. The molecule has 1 aromatic carbocycles. The van der Waals surface area contributed by atoms with Gasteiger partial charge in [-0.25, -0.2) is 4.99 Å². The Morgan fingerprint density at radius 1 is 1.43 bits per heavy atom. The van der Waals surface area contributed by atoms with Gasteiger partial charge in [-0.1, -0.05) is 26.0 Å². The minimum Gasteiger partial charge on any atom is -0.484 e. The van der Waals surface area contributed by atoms with Crippen LogP contribution in [0.4, 0.5) is 0 Å². The number of thioether (sulfide) groups is 1. The number of guanidine groups is 1. The summed E-state index contributed by atoms with van der Waals surface area (Å²) in [6, 6.07) is 7.81. The molecule has 28 heavy (non-hydrogen) atoms. The Kier molecular flexibility index (Phi) is 8.96. The van der Waals surface area contributed by atoms with E-state index in [0.29, 0.717) is 23.5 Å². The van der Waals surface area contributed by atoms with Crippen LogP contribution < -0.4 is 10.1 Å². The van der Waals surface area contributed by atoms with Crippen molar-refractivity contribution in [1.29, 1.82) is 0 Å². The molecule has 0 saturated carbocycles. The predicted molar refractivity (Wildman–Crippen MR) is 118 cm³/mol. The van der Waals surface area contributed by atoms with Gasteiger partial charge < -0.3 is 19.9 Å². The molecule has 0 aliphatic carbocycles. The molecule has 0 spiro atoms. The highest BCUT2D eigenvalue weighted by molar-refractivity contribution is 8.00. The fraction of sp³-hybridized carbons (Fsp3) is 0.619. The van der Waals surface area contributed by atoms with Gasteiger partial charge in [0.1, 0.15) is 5.75 Å². The van der Waals surface area contributed by atoms with Crippen molar-refractivity contribution >= 4 is 23.6 Å². The Bertz CT molecular complexity index is 664. The number of hydrogen-bond acceptors (Lipinski definition) is 4. The molecule has 1 unspecified atom stereocenters. The van der Waals surface area contributed by atoms with Crippen LogP contribution in [0.5, 0.6) is 5.75 Å². The van der Waals surface area contributed by atoms with E-state index < -0.39 is 0 Å². The second kappa shape index (κ2) is 11.2. The third-order valence-corrected chi connectivity index (χ3v) is 6.18. The highest BCUT2D eigenvalue weighted by Crippen LogP contribution is 2.25. The lowest BCUT2D eigenvalue weighted by Gasteiger charge is -2.36. The maximum absolute atomic E-state index is 11.7. The molecular formula is C21H34N4O2S. The van der Waals surface area contributed by atoms with Crippen molar-refractivity contribution in [2.45, 2.75) is 32.6 Å². The first-order valence-electron chi connectivity index (χ1n) is 9.97. The molecule has 1 heterocycles. The van der Waals surface area contributed by atoms with Crippen molar-refractivity contribution in [3.8, 4) is 5.75 Å². The highest BCUT2D eigenvalue weighted by Gasteiger charge is 2.24. The van der Waals surface area contributed by atoms with E-state index in [1.807, 2.05) is 24.3 Å². The van der Waals surface area contributed by atoms with Crippen molar-refractivity contribution in [2.75, 3.05) is 46.1 Å². The van der Waals surface area contributed by atoms with E-state index in [4.69, 9.17) is 9.73 Å². The second-order valence-electron chi connectivity index (χ2n) is 7.49. The molecule has 1 aliphatic rings. The Morgan fingerprint density at radius 2 is 2.21 bits per heavy atom. The van der Waals surface area contributed by atoms with Crippen LogP contribution >= 0.6 is 11.8 Å². The molecule has 0 aromatic heterocycles. The van der Waals surface area contributed by atoms with Crippen molar-refractivity contribution in [2.24, 2.45) is 10.9 Å². The summed E-state index contributed by atoms with van der Waals surface area (Å²) < 4.78 is 5.61. The average Bonchev–Trinajstić information content (AvgIpc) is 2.69. The van der Waals surface area contributed by atoms with Crippen LogP contribution in [-0.2, 0) is 11.3 Å². The van der Waals surface area contributed by atoms with Gasteiger partial charge in [-0.05, 0) is 30.5 Å². The van der Waals surface area contributed by atoms with Gasteiger partial charge in [0.05, 0.1) is 6.54 Å². The first kappa shape index (κ1) is 22.4. The molecule has 1 N–H and O–H groups in total. The summed E-state index contributed by atoms with van der Waals surface area (Å²) in [4.78, 5) is 20.5. The summed E-state index contributed by atoms with van der Waals surface area (Å²) in [6.07, 6.45) is 0. The number of likely N-dealkylation sites (N-methyl/N-ethyl adjacent to an activating group) is 1. The SMILES string of the molecule is CCNC(=NCc1cccc(OCC(=O)N(C)C)c1)N1CCSC(C(C)C)C1. The molecule has 156 valence electrons. The van der Waals surface area contributed by atoms with Gasteiger partial charge >= 0.3 is 0 Å². The van der Waals surface area contributed by atoms with Crippen molar-refractivity contribution < 1.29 is 9.53 Å². The van der Waals surface area contributed by atoms with Gasteiger partial charge in [0.2, 0.25) is 0 Å². The summed E-state index contributed by atoms with van der Waals surface area (Å²) in [7, 11) is 3.45. The summed E-state index contributed by atoms with van der Waals surface area (Å²) >= 11 is 2.06. The lowest BCUT2D eigenvalue weighted by Crippen LogP contribution is -2.49. The number of rotatable bonds is 7. The van der Waals surface area contributed by atoms with Crippen molar-refractivity contribution in [3.63, 3.8) is 0 Å². The Balaban J connectivity index is 2.02. The molecule has 7 heteroatoms. The smallest absolute Gasteiger partial charge is 0.259 e. The number of nitrogens with zero attached hydrogens (tertiary/aromatic N) is 3. The van der Waals surface area contributed by atoms with Crippen LogP contribution in [0.3, 0.4) is 0 Å². The summed E-state index contributed by atoms with van der Waals surface area (Å²) in [5, 5.41) is 4.08. The zero-order chi connectivity index (χ0) is 20.5. The van der Waals surface area contributed by atoms with E-state index >= 15 is 0 Å². The number of carbonyl (C=O) groups excluding carboxylic acids is 1. The van der Waals surface area contributed by atoms with Crippen LogP contribution in [0.15, 0.2) is 29.3 Å². The van der Waals surface area contributed by atoms with Gasteiger partial charge in [0.25, 0.3) is 5.91 Å². The molecule has 1 atom stereocenters. The fourth-order valence-corrected chi connectivity index (χ4v) is 4.17. The van der Waals surface area contributed by atoms with Crippen LogP contribution in [-0.4, -0.2) is 73.0 Å². The molecule has 1 aromatic rings. The number of hydrogen-bond donors (Lipinski definition) is 1. The molecule has 1 saturated heterocycles. The van der Waals surface area contributed by atoms with E-state index in [1.54, 1.807) is 14.1 Å². The fourth-order valence-electron chi connectivity index (χ4n) is 2.87. The molecule has 1 amide bonds. The van der Waals surface area contributed by atoms with Crippen LogP contribution in [0, 0.1) is 5.92 Å². The Hall–Kier alpha value is -1.89. The normalized spacial score (nSPS) is 17.6. The first-order chi connectivity index (χ1) is 13.4. The number of ether oxygens (including phenoxy) is 1. The van der Waals surface area contributed by atoms with Gasteiger partial charge in [-0.2, -0.15) is 11.8 Å². The number of benzene rings is 1. The minimum absolute atomic E-state index is 0.0460. The minimum atomic E-state index is -0.0551. The topological polar surface area (TPSA) is 57.2 Å². The third kappa shape index (κ3) is 6.93. The Labute approximate surface area is 173 Å². The quantitative estimate of drug-likeness (QED) is 0.557. The van der Waals surface area contributed by atoms with Gasteiger partial charge in [0, 0.05) is 44.7 Å². The number of nitrogens with one attached hydrogen (secondary N) is 1. The zero-order valence-corrected chi connectivity index (χ0v) is 18.6. The molecule has 0 radical (unpaired) electrons. The van der Waals surface area contributed by atoms with Crippen molar-refractivity contribution in [3.05, 3.63) is 29.8 Å². The lowest BCUT2D eigenvalue weighted by atomic mass is 10.1. The summed E-state index contributed by atoms with van der Waals surface area (Å²) in [5.74, 6) is 3.41. The second-order valence-corrected chi connectivity index (χ2v) is 8.84. The van der Waals surface area contributed by atoms with Gasteiger partial charge in [-0.3, -0.25) is 4.79 Å². The van der Waals surface area contributed by atoms with E-state index in [-0.39, 0.29) is 12.5 Å². The molecule has 6 nitrogen and oxygen atoms in total. The largest absolute Gasteiger partial charge is 0.484 e. The molecule has 1 aliphatic heterocycles. The van der Waals surface area contributed by atoms with E-state index in [9.17, 15) is 4.79 Å². The van der Waals surface area contributed by atoms with Crippen LogP contribution in [0.1, 0.15) is 26.3 Å². The molecule has 1 fully saturated rings. The van der Waals surface area contributed by atoms with Crippen molar-refractivity contribution in [1.82, 2.24) is 15.1 Å². The van der Waals surface area contributed by atoms with Gasteiger partial charge in [0.15, 0.2) is 12.6 Å². The number of carbonyl (C=O) groups is 1.